The summed E-state index contributed by atoms with van der Waals surface area (Å²) in [7, 11) is 0. The van der Waals surface area contributed by atoms with E-state index < -0.39 is 0 Å². The van der Waals surface area contributed by atoms with Gasteiger partial charge in [0.25, 0.3) is 0 Å². The van der Waals surface area contributed by atoms with Crippen molar-refractivity contribution in [1.29, 1.82) is 0 Å². The van der Waals surface area contributed by atoms with Crippen LogP contribution in [0.4, 0.5) is 0 Å². The average Bonchev–Trinajstić information content (AvgIpc) is 2.99. The molecule has 3 rings (SSSR count). The van der Waals surface area contributed by atoms with Gasteiger partial charge in [0.2, 0.25) is 5.89 Å². The maximum absolute atomic E-state index is 6.16. The average molecular weight is 264 g/mol. The standard InChI is InChI=1S/C17H16N2O/c18-15(11-13-7-3-1-4-8-13)17-19-12-16(20-17)14-9-5-2-6-10-14/h1-10,12,15H,11,18H2/t15-/m0/s1. The Hall–Kier alpha value is -2.39. The van der Waals surface area contributed by atoms with Crippen LogP contribution in [0.25, 0.3) is 11.3 Å². The monoisotopic (exact) mass is 264 g/mol. The molecule has 0 amide bonds. The van der Waals surface area contributed by atoms with E-state index in [1.807, 2.05) is 48.5 Å². The number of nitrogens with two attached hydrogens (primary N) is 1. The van der Waals surface area contributed by atoms with Crippen molar-refractivity contribution in [3.05, 3.63) is 78.3 Å². The van der Waals surface area contributed by atoms with Crippen molar-refractivity contribution in [2.45, 2.75) is 12.5 Å². The third kappa shape index (κ3) is 2.78. The molecule has 3 aromatic rings. The SMILES string of the molecule is N[C@@H](Cc1ccccc1)c1ncc(-c2ccccc2)o1. The summed E-state index contributed by atoms with van der Waals surface area (Å²) in [6.07, 6.45) is 2.45. The van der Waals surface area contributed by atoms with E-state index in [-0.39, 0.29) is 6.04 Å². The number of hydrogen-bond donors (Lipinski definition) is 1. The van der Waals surface area contributed by atoms with Gasteiger partial charge >= 0.3 is 0 Å². The maximum Gasteiger partial charge on any atom is 0.212 e. The number of hydrogen-bond acceptors (Lipinski definition) is 3. The van der Waals surface area contributed by atoms with Gasteiger partial charge in [-0.25, -0.2) is 4.98 Å². The van der Waals surface area contributed by atoms with Crippen molar-refractivity contribution in [3.8, 4) is 11.3 Å². The molecule has 0 saturated carbocycles. The Balaban J connectivity index is 1.77. The molecule has 3 heteroatoms. The molecule has 1 heterocycles. The molecule has 1 aromatic heterocycles. The molecule has 2 N–H and O–H groups in total. The number of rotatable bonds is 4. The largest absolute Gasteiger partial charge is 0.439 e. The molecule has 0 aliphatic heterocycles. The fourth-order valence-corrected chi connectivity index (χ4v) is 2.15. The fourth-order valence-electron chi connectivity index (χ4n) is 2.15. The maximum atomic E-state index is 6.16. The van der Waals surface area contributed by atoms with Crippen LogP contribution in [0.3, 0.4) is 0 Å². The van der Waals surface area contributed by atoms with Gasteiger partial charge in [-0.2, -0.15) is 0 Å². The molecule has 0 radical (unpaired) electrons. The van der Waals surface area contributed by atoms with Crippen LogP contribution < -0.4 is 5.73 Å². The van der Waals surface area contributed by atoms with Crippen LogP contribution in [0, 0.1) is 0 Å². The van der Waals surface area contributed by atoms with Gasteiger partial charge in [-0.05, 0) is 12.0 Å². The van der Waals surface area contributed by atoms with E-state index in [2.05, 4.69) is 17.1 Å². The van der Waals surface area contributed by atoms with Crippen molar-refractivity contribution in [3.63, 3.8) is 0 Å². The highest BCUT2D eigenvalue weighted by Gasteiger charge is 2.14. The molecule has 100 valence electrons. The molecule has 0 bridgehead atoms. The van der Waals surface area contributed by atoms with Gasteiger partial charge in [0.15, 0.2) is 5.76 Å². The number of benzene rings is 2. The van der Waals surface area contributed by atoms with Crippen LogP contribution in [0.2, 0.25) is 0 Å². The quantitative estimate of drug-likeness (QED) is 0.783. The van der Waals surface area contributed by atoms with Gasteiger partial charge < -0.3 is 10.2 Å². The molecule has 2 aromatic carbocycles. The summed E-state index contributed by atoms with van der Waals surface area (Å²) in [5.41, 5.74) is 8.35. The molecule has 0 saturated heterocycles. The summed E-state index contributed by atoms with van der Waals surface area (Å²) in [6.45, 7) is 0. The first-order chi connectivity index (χ1) is 9.83. The van der Waals surface area contributed by atoms with E-state index >= 15 is 0 Å². The zero-order valence-electron chi connectivity index (χ0n) is 11.1. The smallest absolute Gasteiger partial charge is 0.212 e. The lowest BCUT2D eigenvalue weighted by atomic mass is 10.1. The minimum absolute atomic E-state index is 0.227. The summed E-state index contributed by atoms with van der Waals surface area (Å²) in [5.74, 6) is 1.33. The molecule has 0 spiro atoms. The van der Waals surface area contributed by atoms with E-state index in [1.54, 1.807) is 6.20 Å². The third-order valence-corrected chi connectivity index (χ3v) is 3.20. The lowest BCUT2D eigenvalue weighted by molar-refractivity contribution is 0.457. The second kappa shape index (κ2) is 5.72. The summed E-state index contributed by atoms with van der Waals surface area (Å²) in [6, 6.07) is 19.8. The van der Waals surface area contributed by atoms with Crippen LogP contribution in [0.5, 0.6) is 0 Å². The third-order valence-electron chi connectivity index (χ3n) is 3.20. The lowest BCUT2D eigenvalue weighted by Gasteiger charge is -2.07. The number of oxazole rings is 1. The van der Waals surface area contributed by atoms with Crippen molar-refractivity contribution < 1.29 is 4.42 Å². The Kier molecular flexibility index (Phi) is 3.61. The molecule has 1 atom stereocenters. The minimum atomic E-state index is -0.227. The van der Waals surface area contributed by atoms with Crippen molar-refractivity contribution in [2.24, 2.45) is 5.73 Å². The molecule has 20 heavy (non-hydrogen) atoms. The summed E-state index contributed by atoms with van der Waals surface area (Å²) >= 11 is 0. The predicted octanol–water partition coefficient (Wildman–Crippen LogP) is 3.58. The molecular weight excluding hydrogens is 248 g/mol. The molecule has 0 unspecified atom stereocenters. The topological polar surface area (TPSA) is 52.0 Å². The highest BCUT2D eigenvalue weighted by Crippen LogP contribution is 2.23. The molecule has 0 aliphatic carbocycles. The molecule has 0 aliphatic rings. The number of aromatic nitrogens is 1. The number of nitrogens with zero attached hydrogens (tertiary/aromatic N) is 1. The highest BCUT2D eigenvalue weighted by molar-refractivity contribution is 5.55. The van der Waals surface area contributed by atoms with E-state index in [0.29, 0.717) is 5.89 Å². The Labute approximate surface area is 118 Å². The molecule has 0 fully saturated rings. The van der Waals surface area contributed by atoms with E-state index in [1.165, 1.54) is 5.56 Å². The highest BCUT2D eigenvalue weighted by atomic mass is 16.4. The zero-order chi connectivity index (χ0) is 13.8. The van der Waals surface area contributed by atoms with E-state index in [9.17, 15) is 0 Å². The Bertz CT molecular complexity index is 662. The Morgan fingerprint density at radius 2 is 1.60 bits per heavy atom. The Morgan fingerprint density at radius 1 is 0.950 bits per heavy atom. The van der Waals surface area contributed by atoms with Gasteiger partial charge in [-0.15, -0.1) is 0 Å². The predicted molar refractivity (Wildman–Crippen MR) is 79.0 cm³/mol. The van der Waals surface area contributed by atoms with Crippen molar-refractivity contribution in [1.82, 2.24) is 4.98 Å². The van der Waals surface area contributed by atoms with Crippen LogP contribution >= 0.6 is 0 Å². The second-order valence-corrected chi connectivity index (χ2v) is 4.72. The summed E-state index contributed by atoms with van der Waals surface area (Å²) < 4.78 is 5.77. The summed E-state index contributed by atoms with van der Waals surface area (Å²) in [5, 5.41) is 0. The van der Waals surface area contributed by atoms with Gasteiger partial charge in [0.1, 0.15) is 0 Å². The Morgan fingerprint density at radius 3 is 2.30 bits per heavy atom. The second-order valence-electron chi connectivity index (χ2n) is 4.72. The van der Waals surface area contributed by atoms with E-state index in [4.69, 9.17) is 10.2 Å². The molecular formula is C17H16N2O. The molecule has 3 nitrogen and oxygen atoms in total. The first-order valence-electron chi connectivity index (χ1n) is 6.63. The van der Waals surface area contributed by atoms with Gasteiger partial charge in [-0.3, -0.25) is 0 Å². The first kappa shape index (κ1) is 12.6. The van der Waals surface area contributed by atoms with Gasteiger partial charge in [-0.1, -0.05) is 60.7 Å². The van der Waals surface area contributed by atoms with Crippen LogP contribution in [-0.4, -0.2) is 4.98 Å². The first-order valence-corrected chi connectivity index (χ1v) is 6.63. The van der Waals surface area contributed by atoms with Crippen molar-refractivity contribution in [2.75, 3.05) is 0 Å². The van der Waals surface area contributed by atoms with Crippen molar-refractivity contribution >= 4 is 0 Å². The van der Waals surface area contributed by atoms with Gasteiger partial charge in [0.05, 0.1) is 12.2 Å². The summed E-state index contributed by atoms with van der Waals surface area (Å²) in [4.78, 5) is 4.30. The van der Waals surface area contributed by atoms with Crippen LogP contribution in [0.1, 0.15) is 17.5 Å². The van der Waals surface area contributed by atoms with Crippen LogP contribution in [-0.2, 0) is 6.42 Å². The zero-order valence-corrected chi connectivity index (χ0v) is 11.1. The van der Waals surface area contributed by atoms with Crippen LogP contribution in [0.15, 0.2) is 71.3 Å². The fraction of sp³-hybridized carbons (Fsp3) is 0.118. The lowest BCUT2D eigenvalue weighted by Crippen LogP contribution is -2.13. The minimum Gasteiger partial charge on any atom is -0.439 e. The normalized spacial score (nSPS) is 12.2. The van der Waals surface area contributed by atoms with E-state index in [0.717, 1.165) is 17.7 Å². The van der Waals surface area contributed by atoms with Gasteiger partial charge in [0, 0.05) is 5.56 Å².